The number of likely N-dealkylation sites (tertiary alicyclic amines) is 1. The highest BCUT2D eigenvalue weighted by Crippen LogP contribution is 2.41. The van der Waals surface area contributed by atoms with E-state index in [4.69, 9.17) is 28.2 Å². The van der Waals surface area contributed by atoms with Gasteiger partial charge in [-0.15, -0.1) is 0 Å². The number of nitrogens with one attached hydrogen (secondary N) is 2. The summed E-state index contributed by atoms with van der Waals surface area (Å²) in [4.78, 5) is 7.29. The molecule has 4 nitrogen and oxygen atoms in total. The molecule has 7 heteroatoms. The standard InChI is InChI=1S/C18H20Cl2N4S/c1-24-5-3-18(4-6-24)17(21-10-12-2-7-25-11-12)22-15-8-13(19)14(20)9-16(15)23-18/h2,7-9,11,23H,3-6,10H2,1H3,(H,21,22). The summed E-state index contributed by atoms with van der Waals surface area (Å²) in [6, 6.07) is 5.86. The molecule has 0 amide bonds. The maximum absolute atomic E-state index is 6.22. The van der Waals surface area contributed by atoms with Crippen LogP contribution in [0.15, 0.2) is 34.0 Å². The molecular weight excluding hydrogens is 375 g/mol. The summed E-state index contributed by atoms with van der Waals surface area (Å²) in [6.07, 6.45) is 2.00. The Bertz CT molecular complexity index is 796. The lowest BCUT2D eigenvalue weighted by Gasteiger charge is -2.45. The molecule has 1 saturated heterocycles. The van der Waals surface area contributed by atoms with Gasteiger partial charge in [-0.05, 0) is 54.4 Å². The third-order valence-electron chi connectivity index (χ3n) is 4.98. The van der Waals surface area contributed by atoms with Crippen molar-refractivity contribution in [1.29, 1.82) is 0 Å². The summed E-state index contributed by atoms with van der Waals surface area (Å²) in [7, 11) is 2.16. The zero-order valence-electron chi connectivity index (χ0n) is 14.0. The highest BCUT2D eigenvalue weighted by Gasteiger charge is 2.41. The number of benzene rings is 1. The lowest BCUT2D eigenvalue weighted by molar-refractivity contribution is 0.238. The third kappa shape index (κ3) is 3.38. The number of amidine groups is 1. The Morgan fingerprint density at radius 2 is 2.04 bits per heavy atom. The second-order valence-electron chi connectivity index (χ2n) is 6.74. The average molecular weight is 395 g/mol. The van der Waals surface area contributed by atoms with Crippen LogP contribution in [0.25, 0.3) is 0 Å². The molecule has 2 aliphatic heterocycles. The van der Waals surface area contributed by atoms with Crippen LogP contribution in [0, 0.1) is 0 Å². The van der Waals surface area contributed by atoms with Gasteiger partial charge in [-0.3, -0.25) is 0 Å². The highest BCUT2D eigenvalue weighted by molar-refractivity contribution is 7.07. The summed E-state index contributed by atoms with van der Waals surface area (Å²) in [5.74, 6) is 0.998. The van der Waals surface area contributed by atoms with E-state index in [0.29, 0.717) is 10.0 Å². The van der Waals surface area contributed by atoms with Crippen LogP contribution in [0.4, 0.5) is 11.4 Å². The van der Waals surface area contributed by atoms with E-state index in [0.717, 1.165) is 49.7 Å². The summed E-state index contributed by atoms with van der Waals surface area (Å²) in [5.41, 5.74) is 2.90. The normalized spacial score (nSPS) is 19.2. The predicted molar refractivity (Wildman–Crippen MR) is 108 cm³/mol. The van der Waals surface area contributed by atoms with E-state index in [1.54, 1.807) is 11.3 Å². The number of rotatable bonds is 2. The van der Waals surface area contributed by atoms with E-state index in [1.165, 1.54) is 5.56 Å². The zero-order valence-corrected chi connectivity index (χ0v) is 16.3. The topological polar surface area (TPSA) is 39.7 Å². The van der Waals surface area contributed by atoms with Gasteiger partial charge in [0.05, 0.1) is 27.0 Å². The number of anilines is 1. The van der Waals surface area contributed by atoms with E-state index < -0.39 is 0 Å². The summed E-state index contributed by atoms with van der Waals surface area (Å²) >= 11 is 14.1. The number of nitrogens with zero attached hydrogens (tertiary/aromatic N) is 2. The molecule has 1 spiro atoms. The first kappa shape index (κ1) is 17.2. The monoisotopic (exact) mass is 394 g/mol. The fourth-order valence-electron chi connectivity index (χ4n) is 3.42. The van der Waals surface area contributed by atoms with Gasteiger partial charge in [0.2, 0.25) is 0 Å². The smallest absolute Gasteiger partial charge is 0.128 e. The minimum Gasteiger partial charge on any atom is -0.371 e. The first-order chi connectivity index (χ1) is 12.1. The number of hydrogen-bond acceptors (Lipinski definition) is 5. The largest absolute Gasteiger partial charge is 0.371 e. The third-order valence-corrected chi connectivity index (χ3v) is 6.43. The number of halogens is 2. The maximum atomic E-state index is 6.22. The molecule has 0 radical (unpaired) electrons. The lowest BCUT2D eigenvalue weighted by Crippen LogP contribution is -2.58. The molecule has 2 N–H and O–H groups in total. The Labute approximate surface area is 161 Å². The summed E-state index contributed by atoms with van der Waals surface area (Å²) in [6.45, 7) is 2.84. The van der Waals surface area contributed by atoms with Crippen LogP contribution in [0.5, 0.6) is 0 Å². The average Bonchev–Trinajstić information content (AvgIpc) is 3.11. The van der Waals surface area contributed by atoms with Crippen LogP contribution in [0.1, 0.15) is 18.4 Å². The van der Waals surface area contributed by atoms with Crippen molar-refractivity contribution in [2.24, 2.45) is 4.99 Å². The van der Waals surface area contributed by atoms with Gasteiger partial charge < -0.3 is 15.5 Å². The lowest BCUT2D eigenvalue weighted by atomic mass is 9.84. The summed E-state index contributed by atoms with van der Waals surface area (Å²) in [5, 5.41) is 12.6. The van der Waals surface area contributed by atoms with E-state index in [1.807, 2.05) is 12.1 Å². The van der Waals surface area contributed by atoms with Crippen LogP contribution in [0.2, 0.25) is 10.0 Å². The molecular formula is C18H20Cl2N4S. The first-order valence-electron chi connectivity index (χ1n) is 8.36. The molecule has 1 aromatic heterocycles. The highest BCUT2D eigenvalue weighted by atomic mass is 35.5. The van der Waals surface area contributed by atoms with E-state index in [-0.39, 0.29) is 5.54 Å². The van der Waals surface area contributed by atoms with Crippen molar-refractivity contribution >= 4 is 51.7 Å². The van der Waals surface area contributed by atoms with E-state index in [2.05, 4.69) is 39.4 Å². The SMILES string of the molecule is CN1CCC2(CC1)Nc1cc(Cl)c(Cl)cc1N=C2NCc1ccsc1. The van der Waals surface area contributed by atoms with Crippen molar-refractivity contribution in [2.75, 3.05) is 25.5 Å². The van der Waals surface area contributed by atoms with Crippen molar-refractivity contribution in [3.8, 4) is 0 Å². The molecule has 0 aliphatic carbocycles. The zero-order chi connectivity index (χ0) is 17.4. The Morgan fingerprint density at radius 1 is 1.28 bits per heavy atom. The fraction of sp³-hybridized carbons (Fsp3) is 0.389. The van der Waals surface area contributed by atoms with Crippen LogP contribution in [-0.2, 0) is 6.54 Å². The van der Waals surface area contributed by atoms with Crippen LogP contribution in [-0.4, -0.2) is 36.4 Å². The predicted octanol–water partition coefficient (Wildman–Crippen LogP) is 4.76. The minimum absolute atomic E-state index is 0.174. The van der Waals surface area contributed by atoms with Crippen molar-refractivity contribution in [1.82, 2.24) is 10.2 Å². The van der Waals surface area contributed by atoms with Crippen molar-refractivity contribution in [2.45, 2.75) is 24.9 Å². The second kappa shape index (κ2) is 6.80. The second-order valence-corrected chi connectivity index (χ2v) is 8.33. The quantitative estimate of drug-likeness (QED) is 0.770. The number of fused-ring (bicyclic) bond motifs is 1. The molecule has 2 aromatic rings. The van der Waals surface area contributed by atoms with Gasteiger partial charge >= 0.3 is 0 Å². The van der Waals surface area contributed by atoms with Gasteiger partial charge in [-0.25, -0.2) is 4.99 Å². The molecule has 0 atom stereocenters. The molecule has 3 heterocycles. The minimum atomic E-state index is -0.174. The Kier molecular flexibility index (Phi) is 4.67. The van der Waals surface area contributed by atoms with Gasteiger partial charge in [0, 0.05) is 19.6 Å². The van der Waals surface area contributed by atoms with Gasteiger partial charge in [0.15, 0.2) is 0 Å². The molecule has 0 bridgehead atoms. The molecule has 0 saturated carbocycles. The van der Waals surface area contributed by atoms with Gasteiger partial charge in [-0.1, -0.05) is 23.2 Å². The molecule has 0 unspecified atom stereocenters. The number of aliphatic imine (C=N–C) groups is 1. The molecule has 25 heavy (non-hydrogen) atoms. The Balaban J connectivity index is 1.68. The fourth-order valence-corrected chi connectivity index (χ4v) is 4.41. The van der Waals surface area contributed by atoms with Crippen LogP contribution in [0.3, 0.4) is 0 Å². The number of hydrogen-bond donors (Lipinski definition) is 2. The molecule has 2 aliphatic rings. The van der Waals surface area contributed by atoms with Gasteiger partial charge in [0.25, 0.3) is 0 Å². The van der Waals surface area contributed by atoms with Gasteiger partial charge in [-0.2, -0.15) is 11.3 Å². The van der Waals surface area contributed by atoms with Gasteiger partial charge in [0.1, 0.15) is 5.84 Å². The van der Waals surface area contributed by atoms with Crippen molar-refractivity contribution < 1.29 is 0 Å². The summed E-state index contributed by atoms with van der Waals surface area (Å²) < 4.78 is 0. The Hall–Kier alpha value is -1.27. The molecule has 1 fully saturated rings. The maximum Gasteiger partial charge on any atom is 0.128 e. The first-order valence-corrected chi connectivity index (χ1v) is 10.1. The van der Waals surface area contributed by atoms with Crippen molar-refractivity contribution in [3.05, 3.63) is 44.6 Å². The molecule has 4 rings (SSSR count). The van der Waals surface area contributed by atoms with Crippen LogP contribution < -0.4 is 10.6 Å². The molecule has 1 aromatic carbocycles. The number of thiophene rings is 1. The van der Waals surface area contributed by atoms with E-state index in [9.17, 15) is 0 Å². The van der Waals surface area contributed by atoms with Crippen molar-refractivity contribution in [3.63, 3.8) is 0 Å². The van der Waals surface area contributed by atoms with Crippen LogP contribution >= 0.6 is 34.5 Å². The van der Waals surface area contributed by atoms with E-state index >= 15 is 0 Å². The Morgan fingerprint density at radius 3 is 2.76 bits per heavy atom. The molecule has 132 valence electrons. The number of piperidine rings is 1.